The van der Waals surface area contributed by atoms with Crippen LogP contribution in [0.4, 0.5) is 0 Å². The van der Waals surface area contributed by atoms with Gasteiger partial charge in [0.15, 0.2) is 0 Å². The summed E-state index contributed by atoms with van der Waals surface area (Å²) in [5.41, 5.74) is 1.21. The zero-order chi connectivity index (χ0) is 14.8. The summed E-state index contributed by atoms with van der Waals surface area (Å²) in [6.45, 7) is 6.62. The quantitative estimate of drug-likeness (QED) is 0.510. The second-order valence-electron chi connectivity index (χ2n) is 5.06. The van der Waals surface area contributed by atoms with Crippen LogP contribution in [0.2, 0.25) is 0 Å². The van der Waals surface area contributed by atoms with E-state index in [1.165, 1.54) is 5.56 Å². The van der Waals surface area contributed by atoms with Gasteiger partial charge in [-0.05, 0) is 25.3 Å². The molecule has 0 aromatic heterocycles. The number of ether oxygens (including phenoxy) is 1. The van der Waals surface area contributed by atoms with Crippen LogP contribution in [-0.4, -0.2) is 12.6 Å². The van der Waals surface area contributed by atoms with Gasteiger partial charge < -0.3 is 4.74 Å². The summed E-state index contributed by atoms with van der Waals surface area (Å²) in [5, 5.41) is 0. The maximum Gasteiger partial charge on any atom is 0.330 e. The summed E-state index contributed by atoms with van der Waals surface area (Å²) >= 11 is 0. The fourth-order valence-electron chi connectivity index (χ4n) is 2.50. The first-order chi connectivity index (χ1) is 9.68. The molecule has 0 aliphatic carbocycles. The van der Waals surface area contributed by atoms with E-state index in [9.17, 15) is 4.79 Å². The summed E-state index contributed by atoms with van der Waals surface area (Å²) in [7, 11) is 0. The van der Waals surface area contributed by atoms with Gasteiger partial charge in [-0.2, -0.15) is 0 Å². The lowest BCUT2D eigenvalue weighted by Crippen LogP contribution is -2.23. The lowest BCUT2D eigenvalue weighted by Gasteiger charge is -2.30. The van der Waals surface area contributed by atoms with E-state index >= 15 is 0 Å². The topological polar surface area (TPSA) is 26.3 Å². The minimum atomic E-state index is -0.252. The maximum absolute atomic E-state index is 11.6. The van der Waals surface area contributed by atoms with Crippen molar-refractivity contribution in [1.29, 1.82) is 0 Å². The normalized spacial score (nSPS) is 14.2. The van der Waals surface area contributed by atoms with Crippen molar-refractivity contribution >= 4 is 5.97 Å². The highest BCUT2D eigenvalue weighted by atomic mass is 16.5. The molecule has 0 saturated carbocycles. The van der Waals surface area contributed by atoms with Crippen LogP contribution in [0.5, 0.6) is 0 Å². The molecule has 0 fully saturated rings. The van der Waals surface area contributed by atoms with Crippen LogP contribution in [0.25, 0.3) is 0 Å². The predicted molar refractivity (Wildman–Crippen MR) is 83.7 cm³/mol. The molecule has 1 rings (SSSR count). The highest BCUT2D eigenvalue weighted by molar-refractivity contribution is 5.82. The molecule has 0 aliphatic rings. The molecule has 2 nitrogen and oxygen atoms in total. The first kappa shape index (κ1) is 16.5. The number of rotatable bonds is 8. The molecule has 1 aromatic carbocycles. The first-order valence-electron chi connectivity index (χ1n) is 7.60. The van der Waals surface area contributed by atoms with Crippen LogP contribution < -0.4 is 0 Å². The Balaban J connectivity index is 3.02. The van der Waals surface area contributed by atoms with Gasteiger partial charge in [0.05, 0.1) is 6.61 Å². The highest BCUT2D eigenvalue weighted by Gasteiger charge is 2.26. The van der Waals surface area contributed by atoms with E-state index in [0.29, 0.717) is 6.61 Å². The molecule has 1 aromatic rings. The highest BCUT2D eigenvalue weighted by Crippen LogP contribution is 2.35. The molecule has 0 N–H and O–H groups in total. The third-order valence-corrected chi connectivity index (χ3v) is 3.78. The fourth-order valence-corrected chi connectivity index (χ4v) is 2.50. The number of allylic oxidation sites excluding steroid dienone is 1. The standard InChI is InChI=1S/C18H26O2/c1-4-7-14-18(5-2,15-13-17(19)20-6-3)16-11-9-8-10-12-16/h8-13,15H,4-7,14H2,1-3H3/b15-13+. The number of unbranched alkanes of at least 4 members (excludes halogenated alkanes) is 1. The lowest BCUT2D eigenvalue weighted by atomic mass is 9.74. The second kappa shape index (κ2) is 8.57. The van der Waals surface area contributed by atoms with Crippen LogP contribution >= 0.6 is 0 Å². The van der Waals surface area contributed by atoms with Gasteiger partial charge in [0.25, 0.3) is 0 Å². The van der Waals surface area contributed by atoms with Crippen molar-refractivity contribution in [3.05, 3.63) is 48.0 Å². The molecule has 2 heteroatoms. The van der Waals surface area contributed by atoms with Gasteiger partial charge in [-0.1, -0.05) is 63.1 Å². The van der Waals surface area contributed by atoms with E-state index in [0.717, 1.165) is 25.7 Å². The molecule has 0 radical (unpaired) electrons. The summed E-state index contributed by atoms with van der Waals surface area (Å²) in [4.78, 5) is 11.6. The minimum Gasteiger partial charge on any atom is -0.463 e. The minimum absolute atomic E-state index is 0.0654. The van der Waals surface area contributed by atoms with E-state index in [1.54, 1.807) is 6.08 Å². The summed E-state index contributed by atoms with van der Waals surface area (Å²) < 4.78 is 5.00. The Hall–Kier alpha value is -1.57. The Kier molecular flexibility index (Phi) is 7.06. The van der Waals surface area contributed by atoms with E-state index < -0.39 is 0 Å². The molecular formula is C18H26O2. The SMILES string of the molecule is CCCCC(/C=C/C(=O)OCC)(CC)c1ccccc1. The number of carbonyl (C=O) groups excluding carboxylic acids is 1. The van der Waals surface area contributed by atoms with Crippen molar-refractivity contribution in [3.63, 3.8) is 0 Å². The zero-order valence-corrected chi connectivity index (χ0v) is 12.9. The zero-order valence-electron chi connectivity index (χ0n) is 12.9. The van der Waals surface area contributed by atoms with E-state index in [4.69, 9.17) is 4.74 Å². The van der Waals surface area contributed by atoms with Gasteiger partial charge in [0.2, 0.25) is 0 Å². The van der Waals surface area contributed by atoms with Crippen LogP contribution in [-0.2, 0) is 14.9 Å². The average molecular weight is 274 g/mol. The summed E-state index contributed by atoms with van der Waals surface area (Å²) in [6.07, 6.45) is 7.97. The largest absolute Gasteiger partial charge is 0.463 e. The van der Waals surface area contributed by atoms with Gasteiger partial charge in [-0.25, -0.2) is 4.79 Å². The number of hydrogen-bond acceptors (Lipinski definition) is 2. The maximum atomic E-state index is 11.6. The van der Waals surface area contributed by atoms with Crippen molar-refractivity contribution < 1.29 is 9.53 Å². The molecule has 0 saturated heterocycles. The number of esters is 1. The molecule has 0 spiro atoms. The van der Waals surface area contributed by atoms with Gasteiger partial charge in [-0.3, -0.25) is 0 Å². The number of benzene rings is 1. The molecule has 0 heterocycles. The van der Waals surface area contributed by atoms with Crippen LogP contribution in [0.15, 0.2) is 42.5 Å². The summed E-state index contributed by atoms with van der Waals surface area (Å²) in [5.74, 6) is -0.252. The molecule has 0 amide bonds. The third kappa shape index (κ3) is 4.52. The Labute approximate surface area is 122 Å². The Morgan fingerprint density at radius 2 is 1.90 bits per heavy atom. The van der Waals surface area contributed by atoms with Crippen LogP contribution in [0.1, 0.15) is 52.0 Å². The van der Waals surface area contributed by atoms with Crippen LogP contribution in [0, 0.1) is 0 Å². The van der Waals surface area contributed by atoms with Gasteiger partial charge in [0, 0.05) is 11.5 Å². The molecule has 20 heavy (non-hydrogen) atoms. The molecule has 1 atom stereocenters. The van der Waals surface area contributed by atoms with E-state index in [2.05, 4.69) is 38.1 Å². The summed E-state index contributed by atoms with van der Waals surface area (Å²) in [6, 6.07) is 10.4. The Morgan fingerprint density at radius 3 is 2.45 bits per heavy atom. The van der Waals surface area contributed by atoms with Gasteiger partial charge in [-0.15, -0.1) is 0 Å². The molecule has 1 unspecified atom stereocenters. The molecule has 0 bridgehead atoms. The van der Waals surface area contributed by atoms with Crippen molar-refractivity contribution in [3.8, 4) is 0 Å². The first-order valence-corrected chi connectivity index (χ1v) is 7.60. The van der Waals surface area contributed by atoms with Gasteiger partial charge >= 0.3 is 5.97 Å². The van der Waals surface area contributed by atoms with Crippen molar-refractivity contribution in [2.45, 2.75) is 51.9 Å². The number of carbonyl (C=O) groups is 1. The van der Waals surface area contributed by atoms with Crippen molar-refractivity contribution in [2.24, 2.45) is 0 Å². The van der Waals surface area contributed by atoms with Crippen LogP contribution in [0.3, 0.4) is 0 Å². The smallest absolute Gasteiger partial charge is 0.330 e. The van der Waals surface area contributed by atoms with Gasteiger partial charge in [0.1, 0.15) is 0 Å². The molecular weight excluding hydrogens is 248 g/mol. The third-order valence-electron chi connectivity index (χ3n) is 3.78. The van der Waals surface area contributed by atoms with Crippen molar-refractivity contribution in [1.82, 2.24) is 0 Å². The monoisotopic (exact) mass is 274 g/mol. The number of hydrogen-bond donors (Lipinski definition) is 0. The lowest BCUT2D eigenvalue weighted by molar-refractivity contribution is -0.137. The molecule has 110 valence electrons. The van der Waals surface area contributed by atoms with Crippen molar-refractivity contribution in [2.75, 3.05) is 6.61 Å². The Bertz CT molecular complexity index is 422. The van der Waals surface area contributed by atoms with E-state index in [1.807, 2.05) is 19.1 Å². The average Bonchev–Trinajstić information content (AvgIpc) is 2.49. The Morgan fingerprint density at radius 1 is 1.20 bits per heavy atom. The second-order valence-corrected chi connectivity index (χ2v) is 5.06. The van der Waals surface area contributed by atoms with E-state index in [-0.39, 0.29) is 11.4 Å². The predicted octanol–water partition coefficient (Wildman–Crippen LogP) is 4.64. The fraction of sp³-hybridized carbons (Fsp3) is 0.500. The molecule has 0 aliphatic heterocycles.